The SMILES string of the molecule is C[C@@H]1CC2=C(Cc3ccccc32)[C@@H](c2c(F)cc(OCCC(C)(C)CCOCC(=O)O)cc2F)N1CC(C)(C)F. The van der Waals surface area contributed by atoms with Crippen molar-refractivity contribution >= 4 is 11.5 Å². The summed E-state index contributed by atoms with van der Waals surface area (Å²) in [4.78, 5) is 12.5. The molecule has 1 N–H and O–H groups in total. The summed E-state index contributed by atoms with van der Waals surface area (Å²) < 4.78 is 57.5. The number of rotatable bonds is 12. The van der Waals surface area contributed by atoms with Gasteiger partial charge in [0.1, 0.15) is 29.7 Å². The topological polar surface area (TPSA) is 59.0 Å². The minimum Gasteiger partial charge on any atom is -0.493 e. The molecular weight excluding hydrogens is 519 g/mol. The molecule has 5 nitrogen and oxygen atoms in total. The predicted molar refractivity (Wildman–Crippen MR) is 149 cm³/mol. The number of hydrogen-bond acceptors (Lipinski definition) is 4. The van der Waals surface area contributed by atoms with Gasteiger partial charge in [0.2, 0.25) is 0 Å². The Morgan fingerprint density at radius 1 is 1.07 bits per heavy atom. The van der Waals surface area contributed by atoms with Crippen LogP contribution in [0.15, 0.2) is 42.0 Å². The van der Waals surface area contributed by atoms with E-state index in [-0.39, 0.29) is 42.5 Å². The molecule has 0 bridgehead atoms. The van der Waals surface area contributed by atoms with E-state index in [0.717, 1.165) is 22.3 Å². The van der Waals surface area contributed by atoms with Crippen LogP contribution in [-0.4, -0.2) is 54.1 Å². The van der Waals surface area contributed by atoms with Gasteiger partial charge in [0.05, 0.1) is 12.6 Å². The molecule has 1 heterocycles. The van der Waals surface area contributed by atoms with Crippen LogP contribution in [0.2, 0.25) is 0 Å². The number of alkyl halides is 1. The van der Waals surface area contributed by atoms with Crippen molar-refractivity contribution in [3.05, 3.63) is 70.3 Å². The lowest BCUT2D eigenvalue weighted by Crippen LogP contribution is -2.47. The first-order chi connectivity index (χ1) is 18.8. The third kappa shape index (κ3) is 7.07. The van der Waals surface area contributed by atoms with Crippen molar-refractivity contribution in [2.24, 2.45) is 5.41 Å². The number of carboxylic acids is 1. The molecule has 1 aliphatic carbocycles. The molecule has 2 aliphatic rings. The largest absolute Gasteiger partial charge is 0.493 e. The number of hydrogen-bond donors (Lipinski definition) is 1. The van der Waals surface area contributed by atoms with Gasteiger partial charge in [0.25, 0.3) is 0 Å². The number of aliphatic carboxylic acids is 1. The van der Waals surface area contributed by atoms with E-state index >= 15 is 8.78 Å². The molecular formula is C32H40F3NO4. The minimum atomic E-state index is -1.54. The Morgan fingerprint density at radius 3 is 2.38 bits per heavy atom. The van der Waals surface area contributed by atoms with Gasteiger partial charge in [-0.05, 0) is 74.1 Å². The molecule has 1 aliphatic heterocycles. The van der Waals surface area contributed by atoms with E-state index < -0.39 is 29.3 Å². The van der Waals surface area contributed by atoms with Crippen LogP contribution in [-0.2, 0) is 16.0 Å². The van der Waals surface area contributed by atoms with E-state index in [1.165, 1.54) is 26.0 Å². The highest BCUT2D eigenvalue weighted by Crippen LogP contribution is 2.50. The van der Waals surface area contributed by atoms with Crippen molar-refractivity contribution in [1.82, 2.24) is 4.90 Å². The van der Waals surface area contributed by atoms with Gasteiger partial charge < -0.3 is 14.6 Å². The maximum absolute atomic E-state index is 15.8. The Hall–Kier alpha value is -2.84. The minimum absolute atomic E-state index is 0.0500. The van der Waals surface area contributed by atoms with Crippen LogP contribution >= 0.6 is 0 Å². The summed E-state index contributed by atoms with van der Waals surface area (Å²) >= 11 is 0. The lowest BCUT2D eigenvalue weighted by Gasteiger charge is -2.44. The van der Waals surface area contributed by atoms with Crippen molar-refractivity contribution in [3.63, 3.8) is 0 Å². The number of halogens is 3. The summed E-state index contributed by atoms with van der Waals surface area (Å²) in [6.07, 6.45) is 2.48. The second-order valence-corrected chi connectivity index (χ2v) is 12.4. The molecule has 8 heteroatoms. The molecule has 2 aromatic carbocycles. The molecule has 40 heavy (non-hydrogen) atoms. The maximum atomic E-state index is 15.8. The van der Waals surface area contributed by atoms with E-state index in [2.05, 4.69) is 6.07 Å². The fourth-order valence-electron chi connectivity index (χ4n) is 5.83. The van der Waals surface area contributed by atoms with Crippen LogP contribution in [0.4, 0.5) is 13.2 Å². The Bertz CT molecular complexity index is 1240. The van der Waals surface area contributed by atoms with Gasteiger partial charge in [-0.2, -0.15) is 0 Å². The molecule has 0 radical (unpaired) electrons. The highest BCUT2D eigenvalue weighted by atomic mass is 19.1. The number of ether oxygens (including phenoxy) is 2. The number of nitrogens with zero attached hydrogens (tertiary/aromatic N) is 1. The van der Waals surface area contributed by atoms with Crippen LogP contribution in [0.5, 0.6) is 5.75 Å². The Labute approximate surface area is 235 Å². The summed E-state index contributed by atoms with van der Waals surface area (Å²) in [7, 11) is 0. The van der Waals surface area contributed by atoms with Gasteiger partial charge in [0.15, 0.2) is 0 Å². The molecule has 0 amide bonds. The monoisotopic (exact) mass is 559 g/mol. The number of carboxylic acid groups (broad SMARTS) is 1. The first-order valence-electron chi connectivity index (χ1n) is 13.9. The third-order valence-corrected chi connectivity index (χ3v) is 7.92. The summed E-state index contributed by atoms with van der Waals surface area (Å²) in [5, 5.41) is 8.69. The normalized spacial score (nSPS) is 19.5. The van der Waals surface area contributed by atoms with Crippen LogP contribution < -0.4 is 4.74 Å². The van der Waals surface area contributed by atoms with E-state index in [1.54, 1.807) is 0 Å². The summed E-state index contributed by atoms with van der Waals surface area (Å²) in [6.45, 7) is 9.21. The fourth-order valence-corrected chi connectivity index (χ4v) is 5.83. The second-order valence-electron chi connectivity index (χ2n) is 12.4. The smallest absolute Gasteiger partial charge is 0.329 e. The van der Waals surface area contributed by atoms with Gasteiger partial charge in [-0.25, -0.2) is 18.0 Å². The average Bonchev–Trinajstić information content (AvgIpc) is 3.20. The Balaban J connectivity index is 1.55. The van der Waals surface area contributed by atoms with Crippen molar-refractivity contribution in [2.45, 2.75) is 78.1 Å². The average molecular weight is 560 g/mol. The summed E-state index contributed by atoms with van der Waals surface area (Å²) in [5.41, 5.74) is 2.45. The molecule has 4 rings (SSSR count). The first kappa shape index (κ1) is 30.1. The molecule has 218 valence electrons. The second kappa shape index (κ2) is 12.0. The number of carbonyl (C=O) groups is 1. The van der Waals surface area contributed by atoms with E-state index in [9.17, 15) is 9.18 Å². The van der Waals surface area contributed by atoms with Crippen molar-refractivity contribution < 1.29 is 32.5 Å². The molecule has 0 saturated carbocycles. The molecule has 0 aromatic heterocycles. The van der Waals surface area contributed by atoms with Crippen molar-refractivity contribution in [1.29, 1.82) is 0 Å². The molecule has 0 unspecified atom stereocenters. The number of benzene rings is 2. The zero-order chi connectivity index (χ0) is 29.2. The number of fused-ring (bicyclic) bond motifs is 2. The van der Waals surface area contributed by atoms with Crippen molar-refractivity contribution in [3.8, 4) is 5.75 Å². The first-order valence-corrected chi connectivity index (χ1v) is 13.9. The molecule has 0 fully saturated rings. The van der Waals surface area contributed by atoms with E-state index in [1.807, 2.05) is 43.9 Å². The lowest BCUT2D eigenvalue weighted by molar-refractivity contribution is -0.142. The van der Waals surface area contributed by atoms with Gasteiger partial charge in [0, 0.05) is 36.9 Å². The van der Waals surface area contributed by atoms with Crippen LogP contribution in [0.25, 0.3) is 5.57 Å². The third-order valence-electron chi connectivity index (χ3n) is 7.92. The van der Waals surface area contributed by atoms with Gasteiger partial charge in [-0.15, -0.1) is 0 Å². The molecule has 0 spiro atoms. The molecule has 2 atom stereocenters. The molecule has 2 aromatic rings. The van der Waals surface area contributed by atoms with Gasteiger partial charge in [-0.1, -0.05) is 38.1 Å². The van der Waals surface area contributed by atoms with Crippen molar-refractivity contribution in [2.75, 3.05) is 26.4 Å². The highest BCUT2D eigenvalue weighted by Gasteiger charge is 2.43. The maximum Gasteiger partial charge on any atom is 0.329 e. The predicted octanol–water partition coefficient (Wildman–Crippen LogP) is 7.14. The zero-order valence-corrected chi connectivity index (χ0v) is 24.0. The standard InChI is InChI=1S/C32H40F3NO4/c1-20-14-24-23-9-7-6-8-21(23)15-25(24)30(36(20)19-32(4,5)35)29-26(33)16-22(17-27(29)34)40-13-11-31(2,3)10-12-39-18-28(37)38/h6-9,16-17,20,30H,10-15,18-19H2,1-5H3,(H,37,38)/t20-,30+/m1/s1. The summed E-state index contributed by atoms with van der Waals surface area (Å²) in [6, 6.07) is 9.66. The van der Waals surface area contributed by atoms with Crippen LogP contribution in [0.1, 0.15) is 76.6 Å². The van der Waals surface area contributed by atoms with Crippen LogP contribution in [0.3, 0.4) is 0 Å². The fraction of sp³-hybridized carbons (Fsp3) is 0.531. The van der Waals surface area contributed by atoms with Gasteiger partial charge in [-0.3, -0.25) is 4.90 Å². The highest BCUT2D eigenvalue weighted by molar-refractivity contribution is 5.79. The van der Waals surface area contributed by atoms with E-state index in [0.29, 0.717) is 32.3 Å². The quantitative estimate of drug-likeness (QED) is 0.280. The Kier molecular flexibility index (Phi) is 9.00. The van der Waals surface area contributed by atoms with Gasteiger partial charge >= 0.3 is 5.97 Å². The summed E-state index contributed by atoms with van der Waals surface area (Å²) in [5.74, 6) is -2.33. The zero-order valence-electron chi connectivity index (χ0n) is 24.0. The van der Waals surface area contributed by atoms with E-state index in [4.69, 9.17) is 14.6 Å². The molecule has 0 saturated heterocycles. The van der Waals surface area contributed by atoms with Crippen LogP contribution in [0, 0.1) is 17.0 Å². The lowest BCUT2D eigenvalue weighted by atomic mass is 9.84. The Morgan fingerprint density at radius 2 is 1.73 bits per heavy atom.